The van der Waals surface area contributed by atoms with E-state index in [0.29, 0.717) is 6.04 Å². The second-order valence-corrected chi connectivity index (χ2v) is 3.53. The number of rotatable bonds is 4. The molecule has 0 radical (unpaired) electrons. The maximum Gasteiger partial charge on any atom is 1.00 e. The molecule has 0 amide bonds. The van der Waals surface area contributed by atoms with E-state index in [2.05, 4.69) is 56.3 Å². The van der Waals surface area contributed by atoms with Crippen molar-refractivity contribution in [2.24, 2.45) is 0 Å². The van der Waals surface area contributed by atoms with Crippen LogP contribution in [-0.2, 0) is 0 Å². The Balaban J connectivity index is 0.00000169. The van der Waals surface area contributed by atoms with E-state index >= 15 is 0 Å². The van der Waals surface area contributed by atoms with Gasteiger partial charge in [0.05, 0.1) is 0 Å². The van der Waals surface area contributed by atoms with E-state index in [1.165, 1.54) is 5.56 Å². The standard InChI is InChI=1S/C12H18N.Li/c1-4-8-12(13(2)3)11-9-6-5-7-10-11;/h5-7,9-10,12H,1,4,8H2,2-3H3;/q-1;+1. The zero-order chi connectivity index (χ0) is 9.68. The summed E-state index contributed by atoms with van der Waals surface area (Å²) in [4.78, 5) is 2.25. The third kappa shape index (κ3) is 3.88. The second kappa shape index (κ2) is 7.12. The Labute approximate surface area is 99.7 Å². The van der Waals surface area contributed by atoms with Crippen molar-refractivity contribution in [2.75, 3.05) is 14.1 Å². The Morgan fingerprint density at radius 3 is 2.21 bits per heavy atom. The predicted octanol–water partition coefficient (Wildman–Crippen LogP) is -0.0924. The minimum absolute atomic E-state index is 0. The molecule has 0 saturated heterocycles. The molecule has 1 aromatic carbocycles. The molecule has 0 bridgehead atoms. The summed E-state index contributed by atoms with van der Waals surface area (Å²) in [6.45, 7) is 3.91. The fraction of sp³-hybridized carbons (Fsp3) is 0.417. The van der Waals surface area contributed by atoms with Crippen molar-refractivity contribution >= 4 is 0 Å². The molecule has 0 aliphatic carbocycles. The normalized spacial score (nSPS) is 12.3. The van der Waals surface area contributed by atoms with Crippen LogP contribution in [0.4, 0.5) is 0 Å². The molecule has 1 rings (SSSR count). The van der Waals surface area contributed by atoms with E-state index in [1.807, 2.05) is 0 Å². The molecule has 1 unspecified atom stereocenters. The molecule has 0 aromatic heterocycles. The Morgan fingerprint density at radius 1 is 1.21 bits per heavy atom. The van der Waals surface area contributed by atoms with E-state index in [0.717, 1.165) is 12.8 Å². The van der Waals surface area contributed by atoms with Crippen molar-refractivity contribution in [1.29, 1.82) is 0 Å². The first-order chi connectivity index (χ1) is 6.25. The van der Waals surface area contributed by atoms with Crippen LogP contribution in [0.5, 0.6) is 0 Å². The van der Waals surface area contributed by atoms with Crippen molar-refractivity contribution in [2.45, 2.75) is 18.9 Å². The Bertz CT molecular complexity index is 233. The van der Waals surface area contributed by atoms with Crippen molar-refractivity contribution < 1.29 is 18.9 Å². The summed E-state index contributed by atoms with van der Waals surface area (Å²) in [6.07, 6.45) is 2.11. The molecule has 0 aliphatic rings. The molecule has 1 nitrogen and oxygen atoms in total. The molecule has 2 heteroatoms. The van der Waals surface area contributed by atoms with Crippen LogP contribution in [0, 0.1) is 6.92 Å². The van der Waals surface area contributed by atoms with E-state index < -0.39 is 0 Å². The third-order valence-electron chi connectivity index (χ3n) is 2.29. The number of benzene rings is 1. The maximum absolute atomic E-state index is 3.91. The van der Waals surface area contributed by atoms with Gasteiger partial charge in [-0.05, 0) is 19.7 Å². The summed E-state index contributed by atoms with van der Waals surface area (Å²) in [5, 5.41) is 0. The van der Waals surface area contributed by atoms with Gasteiger partial charge in [0.1, 0.15) is 0 Å². The van der Waals surface area contributed by atoms with Crippen molar-refractivity contribution in [3.05, 3.63) is 42.8 Å². The Hall–Kier alpha value is -0.223. The zero-order valence-electron chi connectivity index (χ0n) is 9.53. The van der Waals surface area contributed by atoms with Gasteiger partial charge in [-0.3, -0.25) is 0 Å². The zero-order valence-corrected chi connectivity index (χ0v) is 9.53. The molecule has 0 aliphatic heterocycles. The van der Waals surface area contributed by atoms with Crippen LogP contribution in [0.25, 0.3) is 0 Å². The molecule has 0 heterocycles. The quantitative estimate of drug-likeness (QED) is 0.466. The van der Waals surface area contributed by atoms with Gasteiger partial charge < -0.3 is 11.8 Å². The molecular weight excluding hydrogens is 165 g/mol. The van der Waals surface area contributed by atoms with Gasteiger partial charge in [0.2, 0.25) is 0 Å². The largest absolute Gasteiger partial charge is 1.00 e. The SMILES string of the molecule is [CH2-]CCC(c1ccccc1)N(C)C.[Li+]. The van der Waals surface area contributed by atoms with Crippen LogP contribution in [-0.4, -0.2) is 19.0 Å². The van der Waals surface area contributed by atoms with E-state index in [9.17, 15) is 0 Å². The monoisotopic (exact) mass is 183 g/mol. The molecule has 1 aromatic rings. The summed E-state index contributed by atoms with van der Waals surface area (Å²) in [6, 6.07) is 11.1. The molecule has 0 spiro atoms. The van der Waals surface area contributed by atoms with Gasteiger partial charge in [0.15, 0.2) is 0 Å². The van der Waals surface area contributed by atoms with Gasteiger partial charge >= 0.3 is 18.9 Å². The summed E-state index contributed by atoms with van der Waals surface area (Å²) in [5.74, 6) is 0. The fourth-order valence-corrected chi connectivity index (χ4v) is 1.59. The van der Waals surface area contributed by atoms with Gasteiger partial charge in [0.25, 0.3) is 0 Å². The average molecular weight is 183 g/mol. The number of hydrogen-bond donors (Lipinski definition) is 0. The average Bonchev–Trinajstić information content (AvgIpc) is 2.15. The maximum atomic E-state index is 3.91. The summed E-state index contributed by atoms with van der Waals surface area (Å²) < 4.78 is 0. The first-order valence-electron chi connectivity index (χ1n) is 4.76. The van der Waals surface area contributed by atoms with Crippen LogP contribution in [0.3, 0.4) is 0 Å². The minimum Gasteiger partial charge on any atom is -0.343 e. The van der Waals surface area contributed by atoms with Crippen LogP contribution < -0.4 is 18.9 Å². The summed E-state index contributed by atoms with van der Waals surface area (Å²) in [7, 11) is 4.24. The fourth-order valence-electron chi connectivity index (χ4n) is 1.59. The van der Waals surface area contributed by atoms with Crippen LogP contribution in [0.1, 0.15) is 24.4 Å². The van der Waals surface area contributed by atoms with Gasteiger partial charge in [-0.2, -0.15) is 6.42 Å². The van der Waals surface area contributed by atoms with Crippen molar-refractivity contribution in [3.8, 4) is 0 Å². The first-order valence-corrected chi connectivity index (χ1v) is 4.76. The van der Waals surface area contributed by atoms with Gasteiger partial charge in [-0.1, -0.05) is 36.8 Å². The van der Waals surface area contributed by atoms with Crippen molar-refractivity contribution in [3.63, 3.8) is 0 Å². The third-order valence-corrected chi connectivity index (χ3v) is 2.29. The summed E-state index contributed by atoms with van der Waals surface area (Å²) >= 11 is 0. The Morgan fingerprint density at radius 2 is 1.79 bits per heavy atom. The van der Waals surface area contributed by atoms with Crippen LogP contribution in [0.15, 0.2) is 30.3 Å². The van der Waals surface area contributed by atoms with Gasteiger partial charge in [-0.25, -0.2) is 0 Å². The smallest absolute Gasteiger partial charge is 0.343 e. The second-order valence-electron chi connectivity index (χ2n) is 3.53. The molecule has 0 saturated carbocycles. The first kappa shape index (κ1) is 13.8. The Kier molecular flexibility index (Phi) is 7.01. The van der Waals surface area contributed by atoms with Crippen LogP contribution >= 0.6 is 0 Å². The molecule has 0 N–H and O–H groups in total. The molecule has 0 fully saturated rings. The molecule has 72 valence electrons. The van der Waals surface area contributed by atoms with E-state index in [4.69, 9.17) is 0 Å². The minimum atomic E-state index is 0. The summed E-state index contributed by atoms with van der Waals surface area (Å²) in [5.41, 5.74) is 1.39. The predicted molar refractivity (Wildman–Crippen MR) is 57.5 cm³/mol. The molecular formula is C12H18LiN. The number of nitrogens with zero attached hydrogens (tertiary/aromatic N) is 1. The van der Waals surface area contributed by atoms with Crippen LogP contribution in [0.2, 0.25) is 0 Å². The van der Waals surface area contributed by atoms with Gasteiger partial charge in [-0.15, -0.1) is 0 Å². The van der Waals surface area contributed by atoms with E-state index in [-0.39, 0.29) is 18.9 Å². The van der Waals surface area contributed by atoms with Crippen molar-refractivity contribution in [1.82, 2.24) is 4.90 Å². The molecule has 1 atom stereocenters. The van der Waals surface area contributed by atoms with Gasteiger partial charge in [0, 0.05) is 6.04 Å². The number of hydrogen-bond acceptors (Lipinski definition) is 1. The van der Waals surface area contributed by atoms with E-state index in [1.54, 1.807) is 0 Å². The topological polar surface area (TPSA) is 3.24 Å². The molecule has 14 heavy (non-hydrogen) atoms.